The number of Topliss-reactive ketones (excluding diaryl/α,β-unsaturated/α-hetero) is 1. The van der Waals surface area contributed by atoms with Crippen molar-refractivity contribution in [2.75, 3.05) is 0 Å². The third-order valence-electron chi connectivity index (χ3n) is 3.39. The van der Waals surface area contributed by atoms with Crippen molar-refractivity contribution in [3.05, 3.63) is 56.3 Å². The van der Waals surface area contributed by atoms with Crippen LogP contribution in [-0.2, 0) is 4.79 Å². The summed E-state index contributed by atoms with van der Waals surface area (Å²) in [4.78, 5) is 22.5. The summed E-state index contributed by atoms with van der Waals surface area (Å²) in [7, 11) is 0. The van der Waals surface area contributed by atoms with E-state index in [1.807, 2.05) is 6.07 Å². The van der Waals surface area contributed by atoms with Crippen LogP contribution < -0.4 is 0 Å². The number of nitro benzene ring substituents is 1. The standard InChI is InChI=1S/C18H15BrN2O4/c1-18(2,3)17(22)11(10-20)8-13-5-7-16(25-13)14-6-4-12(21(23)24)9-15(14)19/h4-9H,1-3H3/b11-8+. The van der Waals surface area contributed by atoms with Crippen LogP contribution >= 0.6 is 15.9 Å². The molecule has 1 heterocycles. The van der Waals surface area contributed by atoms with Crippen LogP contribution in [0.25, 0.3) is 17.4 Å². The molecular formula is C18H15BrN2O4. The first-order chi connectivity index (χ1) is 11.6. The molecule has 0 spiro atoms. The fourth-order valence-corrected chi connectivity index (χ4v) is 2.65. The SMILES string of the molecule is CC(C)(C)C(=O)/C(C#N)=C/c1ccc(-c2ccc([N+](=O)[O-])cc2Br)o1. The predicted molar refractivity (Wildman–Crippen MR) is 96.6 cm³/mol. The smallest absolute Gasteiger partial charge is 0.270 e. The zero-order valence-corrected chi connectivity index (χ0v) is 15.5. The molecular weight excluding hydrogens is 388 g/mol. The summed E-state index contributed by atoms with van der Waals surface area (Å²) in [6.07, 6.45) is 1.40. The van der Waals surface area contributed by atoms with E-state index in [9.17, 15) is 20.2 Å². The summed E-state index contributed by atoms with van der Waals surface area (Å²) in [5.41, 5.74) is -0.0647. The molecule has 2 rings (SSSR count). The van der Waals surface area contributed by atoms with Crippen molar-refractivity contribution in [3.63, 3.8) is 0 Å². The fourth-order valence-electron chi connectivity index (χ4n) is 2.09. The zero-order chi connectivity index (χ0) is 18.8. The van der Waals surface area contributed by atoms with Crippen molar-refractivity contribution in [2.45, 2.75) is 20.8 Å². The summed E-state index contributed by atoms with van der Waals surface area (Å²) in [5, 5.41) is 20.0. The van der Waals surface area contributed by atoms with E-state index in [-0.39, 0.29) is 17.0 Å². The van der Waals surface area contributed by atoms with E-state index in [1.54, 1.807) is 39.0 Å². The maximum atomic E-state index is 12.2. The third-order valence-corrected chi connectivity index (χ3v) is 4.04. The molecule has 7 heteroatoms. The summed E-state index contributed by atoms with van der Waals surface area (Å²) >= 11 is 3.29. The number of furan rings is 1. The topological polar surface area (TPSA) is 97.1 Å². The molecule has 0 unspecified atom stereocenters. The van der Waals surface area contributed by atoms with Gasteiger partial charge in [0.25, 0.3) is 5.69 Å². The molecule has 1 aromatic heterocycles. The van der Waals surface area contributed by atoms with Crippen LogP contribution in [0.2, 0.25) is 0 Å². The number of benzene rings is 1. The van der Waals surface area contributed by atoms with Crippen molar-refractivity contribution in [2.24, 2.45) is 5.41 Å². The average molecular weight is 403 g/mol. The number of hydrogen-bond donors (Lipinski definition) is 0. The quantitative estimate of drug-likeness (QED) is 0.305. The first-order valence-electron chi connectivity index (χ1n) is 7.34. The number of halogens is 1. The number of nitriles is 1. The van der Waals surface area contributed by atoms with Crippen molar-refractivity contribution >= 4 is 33.5 Å². The normalized spacial score (nSPS) is 11.9. The molecule has 25 heavy (non-hydrogen) atoms. The van der Waals surface area contributed by atoms with Gasteiger partial charge >= 0.3 is 0 Å². The molecule has 0 radical (unpaired) electrons. The molecule has 0 aliphatic carbocycles. The molecule has 0 aliphatic rings. The molecule has 0 saturated carbocycles. The van der Waals surface area contributed by atoms with Crippen molar-refractivity contribution in [3.8, 4) is 17.4 Å². The van der Waals surface area contributed by atoms with Gasteiger partial charge in [-0.3, -0.25) is 14.9 Å². The van der Waals surface area contributed by atoms with Gasteiger partial charge in [-0.1, -0.05) is 20.8 Å². The van der Waals surface area contributed by atoms with E-state index < -0.39 is 10.3 Å². The van der Waals surface area contributed by atoms with Crippen LogP contribution in [0.3, 0.4) is 0 Å². The first-order valence-corrected chi connectivity index (χ1v) is 8.13. The van der Waals surface area contributed by atoms with Crippen molar-refractivity contribution in [1.82, 2.24) is 0 Å². The van der Waals surface area contributed by atoms with Gasteiger partial charge in [0.05, 0.1) is 10.5 Å². The van der Waals surface area contributed by atoms with E-state index >= 15 is 0 Å². The van der Waals surface area contributed by atoms with E-state index in [2.05, 4.69) is 15.9 Å². The van der Waals surface area contributed by atoms with E-state index in [0.717, 1.165) is 0 Å². The van der Waals surface area contributed by atoms with Crippen LogP contribution in [-0.4, -0.2) is 10.7 Å². The Kier molecular flexibility index (Phi) is 5.24. The van der Waals surface area contributed by atoms with Crippen LogP contribution in [0, 0.1) is 26.9 Å². The number of allylic oxidation sites excluding steroid dienone is 1. The Labute approximate surface area is 153 Å². The molecule has 0 atom stereocenters. The molecule has 0 bridgehead atoms. The average Bonchev–Trinajstić information content (AvgIpc) is 2.99. The molecule has 1 aromatic carbocycles. The Morgan fingerprint density at radius 2 is 2.00 bits per heavy atom. The predicted octanol–water partition coefficient (Wildman–Crippen LogP) is 5.14. The molecule has 6 nitrogen and oxygen atoms in total. The highest BCUT2D eigenvalue weighted by Crippen LogP contribution is 2.33. The highest BCUT2D eigenvalue weighted by Gasteiger charge is 2.25. The van der Waals surface area contributed by atoms with Gasteiger partial charge in [0.2, 0.25) is 0 Å². The Bertz CT molecular complexity index is 914. The van der Waals surface area contributed by atoms with Crippen LogP contribution in [0.4, 0.5) is 5.69 Å². The van der Waals surface area contributed by atoms with E-state index in [1.165, 1.54) is 18.2 Å². The van der Waals surface area contributed by atoms with Crippen molar-refractivity contribution < 1.29 is 14.1 Å². The van der Waals surface area contributed by atoms with Gasteiger partial charge in [-0.05, 0) is 34.1 Å². The number of nitro groups is 1. The maximum absolute atomic E-state index is 12.2. The number of rotatable bonds is 4. The lowest BCUT2D eigenvalue weighted by Gasteiger charge is -2.15. The second-order valence-corrected chi connectivity index (χ2v) is 7.23. The van der Waals surface area contributed by atoms with Gasteiger partial charge in [-0.25, -0.2) is 0 Å². The number of carbonyl (C=O) groups is 1. The summed E-state index contributed by atoms with van der Waals surface area (Å²) in [6, 6.07) is 9.55. The number of ketones is 1. The van der Waals surface area contributed by atoms with Gasteiger partial charge in [0.15, 0.2) is 5.78 Å². The number of non-ortho nitro benzene ring substituents is 1. The molecule has 0 amide bonds. The van der Waals surface area contributed by atoms with Gasteiger partial charge in [0, 0.05) is 33.7 Å². The molecule has 0 saturated heterocycles. The number of hydrogen-bond acceptors (Lipinski definition) is 5. The molecule has 0 N–H and O–H groups in total. The van der Waals surface area contributed by atoms with E-state index in [4.69, 9.17) is 4.42 Å². The van der Waals surface area contributed by atoms with Crippen LogP contribution in [0.5, 0.6) is 0 Å². The molecule has 2 aromatic rings. The lowest BCUT2D eigenvalue weighted by molar-refractivity contribution is -0.384. The summed E-state index contributed by atoms with van der Waals surface area (Å²) in [6.45, 7) is 5.21. The molecule has 128 valence electrons. The Morgan fingerprint density at radius 3 is 2.52 bits per heavy atom. The van der Waals surface area contributed by atoms with Gasteiger partial charge in [-0.2, -0.15) is 5.26 Å². The monoisotopic (exact) mass is 402 g/mol. The third kappa shape index (κ3) is 4.22. The highest BCUT2D eigenvalue weighted by atomic mass is 79.9. The van der Waals surface area contributed by atoms with E-state index in [0.29, 0.717) is 21.6 Å². The maximum Gasteiger partial charge on any atom is 0.270 e. The lowest BCUT2D eigenvalue weighted by Crippen LogP contribution is -2.21. The Balaban J connectivity index is 2.38. The van der Waals surface area contributed by atoms with Crippen LogP contribution in [0.15, 0.2) is 44.8 Å². The van der Waals surface area contributed by atoms with Crippen molar-refractivity contribution in [1.29, 1.82) is 5.26 Å². The van der Waals surface area contributed by atoms with Gasteiger partial charge < -0.3 is 4.42 Å². The summed E-state index contributed by atoms with van der Waals surface area (Å²) in [5.74, 6) is 0.549. The molecule has 0 fully saturated rings. The minimum atomic E-state index is -0.668. The minimum absolute atomic E-state index is 0.0103. The minimum Gasteiger partial charge on any atom is -0.457 e. The fraction of sp³-hybridized carbons (Fsp3) is 0.222. The molecule has 0 aliphatic heterocycles. The zero-order valence-electron chi connectivity index (χ0n) is 13.9. The lowest BCUT2D eigenvalue weighted by atomic mass is 9.86. The highest BCUT2D eigenvalue weighted by molar-refractivity contribution is 9.10. The Hall–Kier alpha value is -2.72. The first kappa shape index (κ1) is 18.6. The van der Waals surface area contributed by atoms with Gasteiger partial charge in [-0.15, -0.1) is 0 Å². The number of carbonyl (C=O) groups excluding carboxylic acids is 1. The number of nitrogens with zero attached hydrogens (tertiary/aromatic N) is 2. The van der Waals surface area contributed by atoms with Crippen LogP contribution in [0.1, 0.15) is 26.5 Å². The summed E-state index contributed by atoms with van der Waals surface area (Å²) < 4.78 is 6.18. The van der Waals surface area contributed by atoms with Gasteiger partial charge in [0.1, 0.15) is 17.6 Å². The second kappa shape index (κ2) is 7.03. The second-order valence-electron chi connectivity index (χ2n) is 6.37. The largest absolute Gasteiger partial charge is 0.457 e. The Morgan fingerprint density at radius 1 is 1.32 bits per heavy atom.